The number of nitrogens with one attached hydrogen (secondary N) is 1. The molecule has 4 aromatic rings. The van der Waals surface area contributed by atoms with E-state index in [1.807, 2.05) is 0 Å². The largest absolute Gasteiger partial charge is 0.582 e. The summed E-state index contributed by atoms with van der Waals surface area (Å²) < 4.78 is 83.0. The van der Waals surface area contributed by atoms with E-state index < -0.39 is 76.9 Å². The molecule has 0 saturated carbocycles. The number of aliphatic hydroxyl groups is 2. The molecule has 2 aliphatic heterocycles. The van der Waals surface area contributed by atoms with Crippen LogP contribution in [-0.2, 0) is 27.7 Å². The molecule has 2 unspecified atom stereocenters. The maximum Gasteiger partial charge on any atom is 0.582 e. The lowest BCUT2D eigenvalue weighted by molar-refractivity contribution is -0.0427. The third-order valence-electron chi connectivity index (χ3n) is 7.42. The first-order valence-corrected chi connectivity index (χ1v) is 18.7. The molecular formula is C24H27F2N9O9P2S2+2. The van der Waals surface area contributed by atoms with Crippen molar-refractivity contribution in [3.8, 4) is 5.88 Å². The molecule has 10 atom stereocenters. The highest BCUT2D eigenvalue weighted by Crippen LogP contribution is 2.42. The van der Waals surface area contributed by atoms with Crippen LogP contribution in [0.5, 0.6) is 5.88 Å². The molecule has 0 aromatic carbocycles. The SMILES string of the molecule is O=[P+](S)O[C@H]1[C@@H](F)[C@H](n2cnc3c(NC/C=C/COc4ncnc5c4ncn5[C@@H]4O[C@H](CO)[C@@H](O[P+](=O)S)[C@H]4F)ncnc32)O[C@@H]1CO. The van der Waals surface area contributed by atoms with Gasteiger partial charge in [-0.15, -0.1) is 9.05 Å². The van der Waals surface area contributed by atoms with E-state index in [0.29, 0.717) is 11.3 Å². The van der Waals surface area contributed by atoms with Gasteiger partial charge in [0.25, 0.3) is 0 Å². The number of rotatable bonds is 14. The summed E-state index contributed by atoms with van der Waals surface area (Å²) >= 11 is 7.33. The highest BCUT2D eigenvalue weighted by molar-refractivity contribution is 8.39. The Morgan fingerprint density at radius 3 is 1.94 bits per heavy atom. The molecule has 4 aromatic heterocycles. The van der Waals surface area contributed by atoms with Gasteiger partial charge in [0.05, 0.1) is 25.9 Å². The Balaban J connectivity index is 1.07. The molecular weight excluding hydrogens is 722 g/mol. The predicted molar refractivity (Wildman–Crippen MR) is 168 cm³/mol. The molecule has 3 N–H and O–H groups in total. The van der Waals surface area contributed by atoms with Crippen molar-refractivity contribution in [2.75, 3.05) is 31.7 Å². The fourth-order valence-electron chi connectivity index (χ4n) is 5.31. The summed E-state index contributed by atoms with van der Waals surface area (Å²) in [6.07, 6.45) is -2.36. The molecule has 0 amide bonds. The van der Waals surface area contributed by atoms with Crippen molar-refractivity contribution in [3.05, 3.63) is 37.5 Å². The fraction of sp³-hybridized carbons (Fsp3) is 0.500. The van der Waals surface area contributed by atoms with Crippen LogP contribution in [0.4, 0.5) is 14.6 Å². The standard InChI is InChI=1S/C24H25F2N9O9P2S2/c25-13-17(43-45(38)47)11(5-36)41-23(13)34-9-32-15-19(28-7-29-20(15)34)27-3-1-2-4-40-22-16-21(30-8-31-22)35(10-33-16)24-14(26)18(44-46(39)48)12(6-37)42-24/h1-2,7-14,17-18,23-24,36-37H,3-6H2,(H-2,27,28,29,38,39,47,48)/p+2/b2-1+/t11-,12-,13-,14-,17-,18-,23-,24-/m1/s1. The molecule has 0 bridgehead atoms. The zero-order valence-corrected chi connectivity index (χ0v) is 27.9. The quantitative estimate of drug-likeness (QED) is 0.0710. The van der Waals surface area contributed by atoms with Crippen molar-refractivity contribution >= 4 is 67.1 Å². The smallest absolute Gasteiger partial charge is 0.472 e. The number of hydrogen-bond acceptors (Lipinski definition) is 16. The Morgan fingerprint density at radius 2 is 1.38 bits per heavy atom. The number of anilines is 1. The van der Waals surface area contributed by atoms with E-state index in [1.54, 1.807) is 12.2 Å². The summed E-state index contributed by atoms with van der Waals surface area (Å²) in [7, 11) is -4.88. The highest BCUT2D eigenvalue weighted by atomic mass is 32.7. The maximum absolute atomic E-state index is 15.2. The molecule has 2 fully saturated rings. The van der Waals surface area contributed by atoms with E-state index >= 15 is 8.78 Å². The third kappa shape index (κ3) is 7.00. The van der Waals surface area contributed by atoms with Crippen LogP contribution in [-0.4, -0.2) is 112 Å². The van der Waals surface area contributed by atoms with Crippen LogP contribution in [0, 0.1) is 0 Å². The van der Waals surface area contributed by atoms with Crippen LogP contribution in [0.25, 0.3) is 22.3 Å². The van der Waals surface area contributed by atoms with Crippen molar-refractivity contribution in [1.29, 1.82) is 0 Å². The number of fused-ring (bicyclic) bond motifs is 2. The van der Waals surface area contributed by atoms with E-state index in [4.69, 9.17) is 23.3 Å². The van der Waals surface area contributed by atoms with Gasteiger partial charge in [0.15, 0.2) is 65.2 Å². The van der Waals surface area contributed by atoms with Crippen LogP contribution in [0.2, 0.25) is 0 Å². The molecule has 18 nitrogen and oxygen atoms in total. The van der Waals surface area contributed by atoms with E-state index in [1.165, 1.54) is 34.4 Å². The minimum absolute atomic E-state index is 0.0711. The van der Waals surface area contributed by atoms with Gasteiger partial charge in [0, 0.05) is 6.54 Å². The van der Waals surface area contributed by atoms with Crippen LogP contribution in [0.3, 0.4) is 0 Å². The molecule has 0 spiro atoms. The Kier molecular flexibility index (Phi) is 11.1. The summed E-state index contributed by atoms with van der Waals surface area (Å²) in [6, 6.07) is 0. The number of nitrogens with zero attached hydrogens (tertiary/aromatic N) is 8. The van der Waals surface area contributed by atoms with Gasteiger partial charge in [0.2, 0.25) is 5.88 Å². The number of halogens is 2. The average Bonchev–Trinajstić information content (AvgIpc) is 3.83. The summed E-state index contributed by atoms with van der Waals surface area (Å²) in [5.74, 6) is 0.471. The van der Waals surface area contributed by atoms with Gasteiger partial charge in [-0.3, -0.25) is 9.13 Å². The summed E-state index contributed by atoms with van der Waals surface area (Å²) in [6.45, 7) is -0.779. The Morgan fingerprint density at radius 1 is 0.833 bits per heavy atom. The highest BCUT2D eigenvalue weighted by Gasteiger charge is 2.52. The van der Waals surface area contributed by atoms with Crippen molar-refractivity contribution in [1.82, 2.24) is 39.0 Å². The van der Waals surface area contributed by atoms with Gasteiger partial charge in [-0.25, -0.2) is 33.7 Å². The number of aromatic nitrogens is 8. The lowest BCUT2D eigenvalue weighted by atomic mass is 10.1. The van der Waals surface area contributed by atoms with E-state index in [9.17, 15) is 19.3 Å². The Hall–Kier alpha value is -3.04. The van der Waals surface area contributed by atoms with Gasteiger partial charge in [-0.1, -0.05) is 6.08 Å². The number of ether oxygens (including phenoxy) is 3. The van der Waals surface area contributed by atoms with Gasteiger partial charge in [-0.05, 0) is 15.2 Å². The number of imidazole rings is 2. The summed E-state index contributed by atoms with van der Waals surface area (Å²) in [5.41, 5.74) is 1.01. The van der Waals surface area contributed by atoms with Gasteiger partial charge < -0.3 is 29.7 Å². The van der Waals surface area contributed by atoms with E-state index in [-0.39, 0.29) is 35.8 Å². The van der Waals surface area contributed by atoms with Crippen molar-refractivity contribution < 1.29 is 51.4 Å². The molecule has 24 heteroatoms. The number of alkyl halides is 2. The minimum Gasteiger partial charge on any atom is -0.472 e. The monoisotopic (exact) mass is 749 g/mol. The molecule has 6 rings (SSSR count). The van der Waals surface area contributed by atoms with Crippen molar-refractivity contribution in [2.45, 2.75) is 49.2 Å². The number of hydrogen-bond donors (Lipinski definition) is 5. The first kappa shape index (κ1) is 34.8. The van der Waals surface area contributed by atoms with Crippen LogP contribution < -0.4 is 10.1 Å². The fourth-order valence-corrected chi connectivity index (χ4v) is 6.89. The maximum atomic E-state index is 15.2. The van der Waals surface area contributed by atoms with Crippen LogP contribution >= 0.6 is 39.0 Å². The molecule has 2 aliphatic rings. The summed E-state index contributed by atoms with van der Waals surface area (Å²) in [5, 5.41) is 22.3. The van der Waals surface area contributed by atoms with Gasteiger partial charge in [-0.2, -0.15) is 4.98 Å². The second kappa shape index (κ2) is 15.2. The molecule has 0 aliphatic carbocycles. The zero-order chi connectivity index (χ0) is 33.9. The summed E-state index contributed by atoms with van der Waals surface area (Å²) in [4.78, 5) is 25.2. The third-order valence-corrected chi connectivity index (χ3v) is 8.83. The van der Waals surface area contributed by atoms with Crippen molar-refractivity contribution in [2.24, 2.45) is 0 Å². The Bertz CT molecular complexity index is 1700. The lowest BCUT2D eigenvalue weighted by Gasteiger charge is -2.15. The second-order valence-corrected chi connectivity index (χ2v) is 13.5. The van der Waals surface area contributed by atoms with Crippen LogP contribution in [0.15, 0.2) is 37.5 Å². The van der Waals surface area contributed by atoms with Gasteiger partial charge in [0.1, 0.15) is 56.0 Å². The molecule has 48 heavy (non-hydrogen) atoms. The predicted octanol–water partition coefficient (Wildman–Crippen LogP) is 2.41. The first-order chi connectivity index (χ1) is 23.2. The second-order valence-electron chi connectivity index (χ2n) is 10.2. The topological polar surface area (TPSA) is 220 Å². The lowest BCUT2D eigenvalue weighted by Crippen LogP contribution is -2.31. The molecule has 256 valence electrons. The van der Waals surface area contributed by atoms with Gasteiger partial charge >= 0.3 is 14.5 Å². The zero-order valence-electron chi connectivity index (χ0n) is 24.3. The minimum atomic E-state index is -2.44. The van der Waals surface area contributed by atoms with Crippen LogP contribution in [0.1, 0.15) is 12.5 Å². The molecule has 2 saturated heterocycles. The van der Waals surface area contributed by atoms with E-state index in [2.05, 4.69) is 59.7 Å². The normalized spacial score (nSPS) is 28.1. The average molecular weight is 750 g/mol. The first-order valence-electron chi connectivity index (χ1n) is 14.0. The van der Waals surface area contributed by atoms with Crippen molar-refractivity contribution in [3.63, 3.8) is 0 Å². The molecule has 0 radical (unpaired) electrons. The number of thiol groups is 2. The molecule has 6 heterocycles. The van der Waals surface area contributed by atoms with E-state index in [0.717, 1.165) is 0 Å². The Labute approximate surface area is 281 Å². The number of aliphatic hydroxyl groups excluding tert-OH is 2.